The van der Waals surface area contributed by atoms with Crippen molar-refractivity contribution in [2.75, 3.05) is 14.2 Å². The lowest BCUT2D eigenvalue weighted by molar-refractivity contribution is -0.385. The fourth-order valence-corrected chi connectivity index (χ4v) is 4.91. The van der Waals surface area contributed by atoms with Crippen LogP contribution in [-0.4, -0.2) is 40.5 Å². The Labute approximate surface area is 267 Å². The highest BCUT2D eigenvalue weighted by Gasteiger charge is 2.28. The number of non-ortho nitro benzene ring substituents is 2. The highest BCUT2D eigenvalue weighted by Crippen LogP contribution is 2.49. The molecule has 240 valence electrons. The molecule has 0 spiro atoms. The van der Waals surface area contributed by atoms with Crippen molar-refractivity contribution in [3.8, 4) is 23.0 Å². The Kier molecular flexibility index (Phi) is 10.6. The number of methoxy groups -OCH3 is 2. The zero-order chi connectivity index (χ0) is 34.1. The minimum atomic E-state index is -4.83. The van der Waals surface area contributed by atoms with E-state index < -0.39 is 29.2 Å². The largest absolute Gasteiger partial charge is 0.585 e. The summed E-state index contributed by atoms with van der Waals surface area (Å²) >= 11 is 0. The molecule has 47 heavy (non-hydrogen) atoms. The van der Waals surface area contributed by atoms with Crippen LogP contribution in [0.1, 0.15) is 31.8 Å². The number of phosphoric ester groups is 1. The summed E-state index contributed by atoms with van der Waals surface area (Å²) in [4.78, 5) is 56.3. The number of ether oxygens (including phenoxy) is 2. The summed E-state index contributed by atoms with van der Waals surface area (Å²) < 4.78 is 34.0. The fourth-order valence-electron chi connectivity index (χ4n) is 4.08. The third-order valence-electron chi connectivity index (χ3n) is 6.34. The molecule has 0 saturated heterocycles. The van der Waals surface area contributed by atoms with Gasteiger partial charge in [-0.05, 0) is 47.5 Å². The molecule has 0 radical (unpaired) electrons. The van der Waals surface area contributed by atoms with E-state index in [4.69, 9.17) is 18.5 Å². The topological polar surface area (TPSA) is 195 Å². The summed E-state index contributed by atoms with van der Waals surface area (Å²) in [7, 11) is -2.23. The van der Waals surface area contributed by atoms with Crippen molar-refractivity contribution in [1.82, 2.24) is 0 Å². The highest BCUT2D eigenvalue weighted by atomic mass is 31.2. The van der Waals surface area contributed by atoms with Gasteiger partial charge in [-0.25, -0.2) is 4.57 Å². The predicted molar refractivity (Wildman–Crippen MR) is 170 cm³/mol. The highest BCUT2D eigenvalue weighted by molar-refractivity contribution is 7.48. The van der Waals surface area contributed by atoms with Gasteiger partial charge in [0.25, 0.3) is 11.4 Å². The number of phosphoric acid groups is 1. The van der Waals surface area contributed by atoms with Gasteiger partial charge in [0.1, 0.15) is 0 Å². The molecule has 4 aromatic rings. The average Bonchev–Trinajstić information content (AvgIpc) is 3.06. The normalized spacial score (nSPS) is 12.3. The zero-order valence-corrected chi connectivity index (χ0v) is 25.6. The summed E-state index contributed by atoms with van der Waals surface area (Å²) in [6.45, 7) is 0. The molecule has 0 fully saturated rings. The van der Waals surface area contributed by atoms with Gasteiger partial charge in [-0.1, -0.05) is 48.6 Å². The second-order valence-electron chi connectivity index (χ2n) is 9.48. The third-order valence-corrected chi connectivity index (χ3v) is 7.19. The fraction of sp³-hybridized carbons (Fsp3) is 0.0625. The van der Waals surface area contributed by atoms with Crippen LogP contribution in [0.15, 0.2) is 97.1 Å². The van der Waals surface area contributed by atoms with Crippen LogP contribution < -0.4 is 18.5 Å². The number of carbonyl (C=O) groups is 2. The number of carbonyl (C=O) groups excluding carboxylic acids is 2. The van der Waals surface area contributed by atoms with Crippen LogP contribution in [-0.2, 0) is 4.57 Å². The van der Waals surface area contributed by atoms with Crippen molar-refractivity contribution in [3.05, 3.63) is 140 Å². The standard InChI is InChI=1S/C32H25N2O12P/c1-43-31-17-21(9-13-27(35)23-5-3-7-25(19-23)33(37)38)11-15-29(31)45-47(41,42)46-30-16-12-22(18-32(30)44-2)10-14-28(36)24-6-4-8-26(20-24)34(39)40/h3-20H,1-2H3,(H,41,42). The second-order valence-corrected chi connectivity index (χ2v) is 10.8. The van der Waals surface area contributed by atoms with E-state index in [0.717, 1.165) is 12.1 Å². The number of hydrogen-bond acceptors (Lipinski definition) is 11. The maximum absolute atomic E-state index is 12.9. The van der Waals surface area contributed by atoms with Crippen molar-refractivity contribution in [2.45, 2.75) is 0 Å². The van der Waals surface area contributed by atoms with Gasteiger partial charge in [-0.15, -0.1) is 0 Å². The number of rotatable bonds is 14. The molecule has 0 aliphatic heterocycles. The first-order valence-corrected chi connectivity index (χ1v) is 14.9. The lowest BCUT2D eigenvalue weighted by atomic mass is 10.1. The average molecular weight is 661 g/mol. The maximum atomic E-state index is 12.9. The smallest absolute Gasteiger partial charge is 0.493 e. The van der Waals surface area contributed by atoms with Crippen LogP contribution in [0.5, 0.6) is 23.0 Å². The Bertz CT molecular complexity index is 1830. The van der Waals surface area contributed by atoms with Crippen LogP contribution >= 0.6 is 7.82 Å². The Morgan fingerprint density at radius 3 is 1.43 bits per heavy atom. The molecule has 4 aromatic carbocycles. The van der Waals surface area contributed by atoms with E-state index in [-0.39, 0.29) is 45.5 Å². The molecule has 0 aliphatic carbocycles. The van der Waals surface area contributed by atoms with E-state index in [9.17, 15) is 39.3 Å². The van der Waals surface area contributed by atoms with Crippen LogP contribution in [0.3, 0.4) is 0 Å². The van der Waals surface area contributed by atoms with Gasteiger partial charge >= 0.3 is 7.82 Å². The van der Waals surface area contributed by atoms with E-state index in [1.54, 1.807) is 0 Å². The van der Waals surface area contributed by atoms with Crippen molar-refractivity contribution in [3.63, 3.8) is 0 Å². The van der Waals surface area contributed by atoms with Crippen molar-refractivity contribution in [1.29, 1.82) is 0 Å². The quantitative estimate of drug-likeness (QED) is 0.0485. The predicted octanol–water partition coefficient (Wildman–Crippen LogP) is 6.87. The van der Waals surface area contributed by atoms with E-state index in [1.165, 1.54) is 111 Å². The summed E-state index contributed by atoms with van der Waals surface area (Å²) in [5.41, 5.74) is 0.705. The zero-order valence-electron chi connectivity index (χ0n) is 24.7. The molecule has 15 heteroatoms. The SMILES string of the molecule is COc1cc(C=CC(=O)c2cccc([N+](=O)[O-])c2)ccc1OP(=O)(O)Oc1ccc(C=CC(=O)c2cccc([N+](=O)[O-])c2)cc1OC. The van der Waals surface area contributed by atoms with Gasteiger partial charge in [0.05, 0.1) is 24.1 Å². The maximum Gasteiger partial charge on any atom is 0.585 e. The monoisotopic (exact) mass is 660 g/mol. The van der Waals surface area contributed by atoms with E-state index in [2.05, 4.69) is 0 Å². The number of nitrogens with zero attached hydrogens (tertiary/aromatic N) is 2. The minimum absolute atomic E-state index is 0.0358. The first kappa shape index (κ1) is 33.8. The molecule has 0 heterocycles. The number of nitro benzene ring substituents is 2. The number of hydrogen-bond donors (Lipinski definition) is 1. The molecule has 0 bridgehead atoms. The number of benzene rings is 4. The van der Waals surface area contributed by atoms with Crippen molar-refractivity contribution >= 4 is 42.9 Å². The molecule has 4 rings (SSSR count). The molecule has 0 amide bonds. The third kappa shape index (κ3) is 8.97. The van der Waals surface area contributed by atoms with Gasteiger partial charge in [-0.2, -0.15) is 0 Å². The van der Waals surface area contributed by atoms with Crippen molar-refractivity contribution in [2.24, 2.45) is 0 Å². The lowest BCUT2D eigenvalue weighted by Crippen LogP contribution is -2.02. The van der Waals surface area contributed by atoms with Gasteiger partial charge in [-0.3, -0.25) is 34.7 Å². The molecule has 0 saturated carbocycles. The number of allylic oxidation sites excluding steroid dienone is 2. The summed E-state index contributed by atoms with van der Waals surface area (Å²) in [6, 6.07) is 19.0. The van der Waals surface area contributed by atoms with Crippen LogP contribution in [0.2, 0.25) is 0 Å². The van der Waals surface area contributed by atoms with Crippen LogP contribution in [0, 0.1) is 20.2 Å². The molecular weight excluding hydrogens is 635 g/mol. The molecule has 0 aliphatic rings. The Hall–Kier alpha value is -6.11. The first-order chi connectivity index (χ1) is 22.4. The summed E-state index contributed by atoms with van der Waals surface area (Å²) in [6.07, 6.45) is 5.29. The molecule has 0 aromatic heterocycles. The number of nitro groups is 2. The van der Waals surface area contributed by atoms with Crippen LogP contribution in [0.25, 0.3) is 12.2 Å². The summed E-state index contributed by atoms with van der Waals surface area (Å²) in [5, 5.41) is 22.0. The molecule has 1 N–H and O–H groups in total. The molecule has 0 atom stereocenters. The Morgan fingerprint density at radius 1 is 0.660 bits per heavy atom. The van der Waals surface area contributed by atoms with Gasteiger partial charge in [0.2, 0.25) is 0 Å². The van der Waals surface area contributed by atoms with E-state index in [0.29, 0.717) is 11.1 Å². The molecule has 0 unspecified atom stereocenters. The Morgan fingerprint density at radius 2 is 1.06 bits per heavy atom. The second kappa shape index (κ2) is 14.8. The first-order valence-electron chi connectivity index (χ1n) is 13.4. The van der Waals surface area contributed by atoms with Gasteiger partial charge < -0.3 is 18.5 Å². The van der Waals surface area contributed by atoms with E-state index in [1.807, 2.05) is 0 Å². The lowest BCUT2D eigenvalue weighted by Gasteiger charge is -2.17. The minimum Gasteiger partial charge on any atom is -0.493 e. The summed E-state index contributed by atoms with van der Waals surface area (Å²) in [5.74, 6) is -1.20. The van der Waals surface area contributed by atoms with Gasteiger partial charge in [0.15, 0.2) is 34.6 Å². The van der Waals surface area contributed by atoms with E-state index >= 15 is 0 Å². The molecule has 14 nitrogen and oxygen atoms in total. The van der Waals surface area contributed by atoms with Crippen LogP contribution in [0.4, 0.5) is 11.4 Å². The van der Waals surface area contributed by atoms with Crippen molar-refractivity contribution < 1.29 is 47.4 Å². The van der Waals surface area contributed by atoms with Gasteiger partial charge in [0, 0.05) is 35.4 Å². The number of ketones is 2. The Balaban J connectivity index is 1.45. The molecular formula is C32H25N2O12P.